The molecule has 16 heavy (non-hydrogen) atoms. The molecule has 1 aliphatic heterocycles. The lowest BCUT2D eigenvalue weighted by molar-refractivity contribution is 0.0981. The zero-order valence-electron chi connectivity index (χ0n) is 10.0. The van der Waals surface area contributed by atoms with E-state index in [2.05, 4.69) is 10.0 Å². The smallest absolute Gasteiger partial charge is 0.214 e. The minimum Gasteiger partial charge on any atom is -0.381 e. The fourth-order valence-electron chi connectivity index (χ4n) is 1.78. The standard InChI is InChI=1S/C10H22N2O3S/c1-9(7-11-2)8-12-16(13,14)10-3-5-15-6-4-10/h9-12H,3-8H2,1-2H3. The second kappa shape index (κ2) is 6.54. The summed E-state index contributed by atoms with van der Waals surface area (Å²) in [6.07, 6.45) is 1.21. The van der Waals surface area contributed by atoms with Crippen molar-refractivity contribution in [2.45, 2.75) is 25.0 Å². The summed E-state index contributed by atoms with van der Waals surface area (Å²) in [5.41, 5.74) is 0. The van der Waals surface area contributed by atoms with Crippen molar-refractivity contribution in [2.24, 2.45) is 5.92 Å². The predicted octanol–water partition coefficient (Wildman–Crippen LogP) is -0.0597. The van der Waals surface area contributed by atoms with Crippen LogP contribution in [0.15, 0.2) is 0 Å². The van der Waals surface area contributed by atoms with Gasteiger partial charge in [0.15, 0.2) is 0 Å². The maximum atomic E-state index is 11.9. The first kappa shape index (κ1) is 13.9. The van der Waals surface area contributed by atoms with Crippen LogP contribution in [0.2, 0.25) is 0 Å². The van der Waals surface area contributed by atoms with Gasteiger partial charge in [-0.2, -0.15) is 0 Å². The average Bonchev–Trinajstić information content (AvgIpc) is 2.28. The molecule has 0 saturated carbocycles. The number of hydrogen-bond acceptors (Lipinski definition) is 4. The molecule has 1 unspecified atom stereocenters. The van der Waals surface area contributed by atoms with Gasteiger partial charge in [-0.05, 0) is 32.4 Å². The molecule has 1 atom stereocenters. The number of nitrogens with one attached hydrogen (secondary N) is 2. The van der Waals surface area contributed by atoms with E-state index < -0.39 is 10.0 Å². The highest BCUT2D eigenvalue weighted by Gasteiger charge is 2.27. The molecule has 2 N–H and O–H groups in total. The highest BCUT2D eigenvalue weighted by Crippen LogP contribution is 2.14. The third-order valence-electron chi connectivity index (χ3n) is 2.79. The fraction of sp³-hybridized carbons (Fsp3) is 1.00. The lowest BCUT2D eigenvalue weighted by Gasteiger charge is -2.23. The Bertz CT molecular complexity index is 286. The van der Waals surface area contributed by atoms with Crippen LogP contribution in [-0.2, 0) is 14.8 Å². The van der Waals surface area contributed by atoms with E-state index in [0.29, 0.717) is 38.5 Å². The first-order valence-corrected chi connectivity index (χ1v) is 7.31. The molecule has 1 fully saturated rings. The summed E-state index contributed by atoms with van der Waals surface area (Å²) in [7, 11) is -1.29. The molecule has 0 aliphatic carbocycles. The van der Waals surface area contributed by atoms with Gasteiger partial charge in [0.05, 0.1) is 5.25 Å². The summed E-state index contributed by atoms with van der Waals surface area (Å²) in [6, 6.07) is 0. The topological polar surface area (TPSA) is 67.4 Å². The third kappa shape index (κ3) is 4.37. The number of hydrogen-bond donors (Lipinski definition) is 2. The van der Waals surface area contributed by atoms with E-state index in [0.717, 1.165) is 6.54 Å². The first-order valence-electron chi connectivity index (χ1n) is 5.77. The second-order valence-corrected chi connectivity index (χ2v) is 6.41. The predicted molar refractivity (Wildman–Crippen MR) is 63.9 cm³/mol. The zero-order valence-corrected chi connectivity index (χ0v) is 10.8. The van der Waals surface area contributed by atoms with Crippen molar-refractivity contribution in [3.63, 3.8) is 0 Å². The van der Waals surface area contributed by atoms with Gasteiger partial charge in [-0.1, -0.05) is 6.92 Å². The van der Waals surface area contributed by atoms with E-state index in [1.807, 2.05) is 14.0 Å². The van der Waals surface area contributed by atoms with Crippen LogP contribution in [-0.4, -0.2) is 47.0 Å². The third-order valence-corrected chi connectivity index (χ3v) is 4.71. The van der Waals surface area contributed by atoms with Gasteiger partial charge in [0, 0.05) is 19.8 Å². The molecule has 0 spiro atoms. The van der Waals surface area contributed by atoms with Crippen LogP contribution in [0, 0.1) is 5.92 Å². The van der Waals surface area contributed by atoms with Gasteiger partial charge in [-0.25, -0.2) is 13.1 Å². The van der Waals surface area contributed by atoms with Gasteiger partial charge < -0.3 is 10.1 Å². The minimum atomic E-state index is -3.15. The van der Waals surface area contributed by atoms with Gasteiger partial charge in [-0.15, -0.1) is 0 Å². The van der Waals surface area contributed by atoms with Crippen LogP contribution in [0.4, 0.5) is 0 Å². The lowest BCUT2D eigenvalue weighted by Crippen LogP contribution is -2.40. The Morgan fingerprint density at radius 3 is 2.50 bits per heavy atom. The lowest BCUT2D eigenvalue weighted by atomic mass is 10.2. The maximum Gasteiger partial charge on any atom is 0.214 e. The van der Waals surface area contributed by atoms with Gasteiger partial charge in [0.2, 0.25) is 10.0 Å². The molecule has 0 aromatic heterocycles. The Labute approximate surface area is 98.0 Å². The molecule has 6 heteroatoms. The van der Waals surface area contributed by atoms with Crippen LogP contribution in [0.1, 0.15) is 19.8 Å². The SMILES string of the molecule is CNCC(C)CNS(=O)(=O)C1CCOCC1. The summed E-state index contributed by atoms with van der Waals surface area (Å²) in [5, 5.41) is 2.75. The number of rotatable bonds is 6. The Hall–Kier alpha value is -0.170. The highest BCUT2D eigenvalue weighted by molar-refractivity contribution is 7.90. The Morgan fingerprint density at radius 1 is 1.31 bits per heavy atom. The highest BCUT2D eigenvalue weighted by atomic mass is 32.2. The molecule has 1 saturated heterocycles. The van der Waals surface area contributed by atoms with Crippen LogP contribution in [0.5, 0.6) is 0 Å². The van der Waals surface area contributed by atoms with Crippen molar-refractivity contribution in [3.05, 3.63) is 0 Å². The van der Waals surface area contributed by atoms with Crippen LogP contribution >= 0.6 is 0 Å². The van der Waals surface area contributed by atoms with Gasteiger partial charge in [0.1, 0.15) is 0 Å². The van der Waals surface area contributed by atoms with Crippen molar-refractivity contribution in [3.8, 4) is 0 Å². The Morgan fingerprint density at radius 2 is 1.94 bits per heavy atom. The molecule has 0 amide bonds. The molecule has 0 aromatic carbocycles. The van der Waals surface area contributed by atoms with Crippen molar-refractivity contribution in [2.75, 3.05) is 33.4 Å². The van der Waals surface area contributed by atoms with Crippen LogP contribution in [0.25, 0.3) is 0 Å². The molecule has 1 aliphatic rings. The summed E-state index contributed by atoms with van der Waals surface area (Å²) < 4.78 is 31.7. The van der Waals surface area contributed by atoms with E-state index in [-0.39, 0.29) is 5.25 Å². The van der Waals surface area contributed by atoms with Crippen molar-refractivity contribution >= 4 is 10.0 Å². The molecule has 0 aromatic rings. The van der Waals surface area contributed by atoms with Crippen molar-refractivity contribution in [1.29, 1.82) is 0 Å². The molecule has 0 radical (unpaired) electrons. The van der Waals surface area contributed by atoms with E-state index >= 15 is 0 Å². The largest absolute Gasteiger partial charge is 0.381 e. The second-order valence-electron chi connectivity index (χ2n) is 4.37. The summed E-state index contributed by atoms with van der Waals surface area (Å²) in [4.78, 5) is 0. The van der Waals surface area contributed by atoms with Crippen molar-refractivity contribution in [1.82, 2.24) is 10.0 Å². The first-order chi connectivity index (χ1) is 7.56. The van der Waals surface area contributed by atoms with Gasteiger partial charge in [0.25, 0.3) is 0 Å². The quantitative estimate of drug-likeness (QED) is 0.693. The van der Waals surface area contributed by atoms with Gasteiger partial charge in [-0.3, -0.25) is 0 Å². The summed E-state index contributed by atoms with van der Waals surface area (Å²) in [6.45, 7) is 4.44. The molecular weight excluding hydrogens is 228 g/mol. The minimum absolute atomic E-state index is 0.275. The van der Waals surface area contributed by atoms with E-state index in [1.54, 1.807) is 0 Å². The molecule has 1 rings (SSSR count). The Kier molecular flexibility index (Phi) is 5.68. The maximum absolute atomic E-state index is 11.9. The zero-order chi connectivity index (χ0) is 12.0. The summed E-state index contributed by atoms with van der Waals surface area (Å²) >= 11 is 0. The molecule has 1 heterocycles. The van der Waals surface area contributed by atoms with E-state index in [9.17, 15) is 8.42 Å². The summed E-state index contributed by atoms with van der Waals surface area (Å²) in [5.74, 6) is 0.305. The number of ether oxygens (including phenoxy) is 1. The monoisotopic (exact) mass is 250 g/mol. The van der Waals surface area contributed by atoms with Crippen LogP contribution in [0.3, 0.4) is 0 Å². The molecule has 96 valence electrons. The molecule has 0 bridgehead atoms. The molecule has 5 nitrogen and oxygen atoms in total. The fourth-order valence-corrected chi connectivity index (χ4v) is 3.35. The number of sulfonamides is 1. The van der Waals surface area contributed by atoms with Gasteiger partial charge >= 0.3 is 0 Å². The van der Waals surface area contributed by atoms with Crippen molar-refractivity contribution < 1.29 is 13.2 Å². The van der Waals surface area contributed by atoms with E-state index in [1.165, 1.54) is 0 Å². The Balaban J connectivity index is 2.38. The average molecular weight is 250 g/mol. The van der Waals surface area contributed by atoms with E-state index in [4.69, 9.17) is 4.74 Å². The normalized spacial score (nSPS) is 20.9. The van der Waals surface area contributed by atoms with Crippen LogP contribution < -0.4 is 10.0 Å². The molecular formula is C10H22N2O3S.